The molecule has 0 fully saturated rings. The normalized spacial score (nSPS) is 10.8. The van der Waals surface area contributed by atoms with E-state index in [1.807, 2.05) is 54.6 Å². The van der Waals surface area contributed by atoms with Crippen molar-refractivity contribution in [1.29, 1.82) is 0 Å². The van der Waals surface area contributed by atoms with Gasteiger partial charge in [0, 0.05) is 39.4 Å². The molecule has 5 aromatic rings. The molecule has 36 heavy (non-hydrogen) atoms. The Morgan fingerprint density at radius 1 is 0.889 bits per heavy atom. The number of thioether (sulfide) groups is 1. The molecule has 10 heteroatoms. The molecule has 0 aliphatic carbocycles. The molecule has 1 N–H and O–H groups in total. The van der Waals surface area contributed by atoms with Crippen molar-refractivity contribution in [2.24, 2.45) is 0 Å². The molecule has 0 aliphatic heterocycles. The number of para-hydroxylation sites is 1. The number of anilines is 1. The summed E-state index contributed by atoms with van der Waals surface area (Å²) in [4.78, 5) is 22.0. The van der Waals surface area contributed by atoms with Crippen molar-refractivity contribution in [2.75, 3.05) is 5.32 Å². The van der Waals surface area contributed by atoms with Crippen LogP contribution in [-0.2, 0) is 5.75 Å². The second-order valence-electron chi connectivity index (χ2n) is 7.61. The molecular formula is C26H18Cl2N6OS. The predicted molar refractivity (Wildman–Crippen MR) is 143 cm³/mol. The molecule has 7 nitrogen and oxygen atoms in total. The summed E-state index contributed by atoms with van der Waals surface area (Å²) >= 11 is 13.8. The van der Waals surface area contributed by atoms with E-state index in [0.29, 0.717) is 38.0 Å². The average molecular weight is 533 g/mol. The molecule has 0 bridgehead atoms. The molecule has 0 saturated carbocycles. The number of halogens is 2. The van der Waals surface area contributed by atoms with Crippen LogP contribution in [0.4, 0.5) is 5.69 Å². The molecule has 2 heterocycles. The summed E-state index contributed by atoms with van der Waals surface area (Å²) in [5.74, 6) is -0.0492. The molecule has 0 radical (unpaired) electrons. The van der Waals surface area contributed by atoms with Crippen molar-refractivity contribution in [1.82, 2.24) is 25.0 Å². The summed E-state index contributed by atoms with van der Waals surface area (Å²) in [5.41, 5.74) is 3.88. The van der Waals surface area contributed by atoms with Crippen LogP contribution in [0.3, 0.4) is 0 Å². The summed E-state index contributed by atoms with van der Waals surface area (Å²) < 4.78 is 1.56. The fraction of sp³-hybridized carbons (Fsp3) is 0.0385. The van der Waals surface area contributed by atoms with Crippen molar-refractivity contribution in [3.63, 3.8) is 0 Å². The third-order valence-electron chi connectivity index (χ3n) is 5.21. The Balaban J connectivity index is 1.51. The Hall–Kier alpha value is -3.72. The van der Waals surface area contributed by atoms with E-state index < -0.39 is 0 Å². The number of rotatable bonds is 7. The highest BCUT2D eigenvalue weighted by Gasteiger charge is 2.23. The van der Waals surface area contributed by atoms with E-state index in [4.69, 9.17) is 23.2 Å². The monoisotopic (exact) mass is 532 g/mol. The zero-order chi connectivity index (χ0) is 24.9. The molecule has 5 rings (SSSR count). The summed E-state index contributed by atoms with van der Waals surface area (Å²) in [6.45, 7) is 0. The van der Waals surface area contributed by atoms with Gasteiger partial charge in [-0.1, -0.05) is 88.7 Å². The number of nitrogens with zero attached hydrogens (tertiary/aromatic N) is 5. The highest BCUT2D eigenvalue weighted by molar-refractivity contribution is 7.98. The van der Waals surface area contributed by atoms with Gasteiger partial charge in [-0.25, -0.2) is 14.6 Å². The van der Waals surface area contributed by atoms with Gasteiger partial charge in [0.25, 0.3) is 5.91 Å². The zero-order valence-corrected chi connectivity index (χ0v) is 21.0. The lowest BCUT2D eigenvalue weighted by Gasteiger charge is -2.12. The van der Waals surface area contributed by atoms with Gasteiger partial charge >= 0.3 is 0 Å². The molecule has 178 valence electrons. The van der Waals surface area contributed by atoms with E-state index in [1.165, 1.54) is 11.8 Å². The van der Waals surface area contributed by atoms with Gasteiger partial charge in [-0.2, -0.15) is 0 Å². The molecule has 0 unspecified atom stereocenters. The Bertz CT molecular complexity index is 1490. The largest absolute Gasteiger partial charge is 0.320 e. The quantitative estimate of drug-likeness (QED) is 0.188. The number of carbonyl (C=O) groups is 1. The lowest BCUT2D eigenvalue weighted by molar-refractivity contribution is 0.102. The minimum Gasteiger partial charge on any atom is -0.320 e. The van der Waals surface area contributed by atoms with E-state index in [2.05, 4.69) is 25.6 Å². The number of carbonyl (C=O) groups excluding carboxylic acids is 1. The number of hydrogen-bond acceptors (Lipinski definition) is 6. The topological polar surface area (TPSA) is 85.6 Å². The van der Waals surface area contributed by atoms with Crippen LogP contribution in [0, 0.1) is 0 Å². The van der Waals surface area contributed by atoms with E-state index in [0.717, 1.165) is 11.1 Å². The summed E-state index contributed by atoms with van der Waals surface area (Å²) in [5, 5.41) is 12.9. The van der Waals surface area contributed by atoms with Gasteiger partial charge in [0.05, 0.1) is 11.4 Å². The second kappa shape index (κ2) is 10.9. The van der Waals surface area contributed by atoms with E-state index in [9.17, 15) is 4.79 Å². The van der Waals surface area contributed by atoms with Gasteiger partial charge in [0.1, 0.15) is 0 Å². The van der Waals surface area contributed by atoms with Gasteiger partial charge in [-0.05, 0) is 35.9 Å². The fourth-order valence-corrected chi connectivity index (χ4v) is 4.92. The van der Waals surface area contributed by atoms with Gasteiger partial charge in [0.2, 0.25) is 0 Å². The average Bonchev–Trinajstić information content (AvgIpc) is 3.32. The number of nitrogens with one attached hydrogen (secondary N) is 1. The van der Waals surface area contributed by atoms with E-state index >= 15 is 0 Å². The number of benzene rings is 3. The molecule has 1 amide bonds. The van der Waals surface area contributed by atoms with Crippen molar-refractivity contribution >= 4 is 46.6 Å². The smallest absolute Gasteiger partial charge is 0.278 e. The second-order valence-corrected chi connectivity index (χ2v) is 9.43. The van der Waals surface area contributed by atoms with Crippen molar-refractivity contribution in [3.05, 3.63) is 113 Å². The lowest BCUT2D eigenvalue weighted by Crippen LogP contribution is -2.16. The molecule has 0 spiro atoms. The molecule has 0 aliphatic rings. The SMILES string of the molecule is O=C(Nc1ccccc1-c1ccccc1)c1nnn(-c2cc(Cl)cc(Cl)c2)c1CSc1ncccn1. The molecule has 3 aromatic carbocycles. The van der Waals surface area contributed by atoms with Crippen LogP contribution in [0.1, 0.15) is 16.2 Å². The lowest BCUT2D eigenvalue weighted by atomic mass is 10.0. The van der Waals surface area contributed by atoms with Crippen LogP contribution >= 0.6 is 35.0 Å². The van der Waals surface area contributed by atoms with Gasteiger partial charge in [-0.3, -0.25) is 4.79 Å². The Kier molecular flexibility index (Phi) is 7.27. The Morgan fingerprint density at radius 2 is 1.58 bits per heavy atom. The van der Waals surface area contributed by atoms with Gasteiger partial charge in [0.15, 0.2) is 10.9 Å². The first kappa shape index (κ1) is 24.0. The van der Waals surface area contributed by atoms with Crippen LogP contribution in [0.25, 0.3) is 16.8 Å². The summed E-state index contributed by atoms with van der Waals surface area (Å²) in [7, 11) is 0. The van der Waals surface area contributed by atoms with Crippen LogP contribution in [0.5, 0.6) is 0 Å². The van der Waals surface area contributed by atoms with Crippen molar-refractivity contribution in [3.8, 4) is 16.8 Å². The molecule has 0 saturated heterocycles. The third-order valence-corrected chi connectivity index (χ3v) is 6.53. The number of aromatic nitrogens is 5. The van der Waals surface area contributed by atoms with Crippen LogP contribution in [0.15, 0.2) is 96.4 Å². The standard InChI is InChI=1S/C26H18Cl2N6OS/c27-18-13-19(28)15-20(14-18)34-23(16-36-26-29-11-6-12-30-26)24(32-33-34)25(35)31-22-10-5-4-9-21(22)17-7-2-1-3-8-17/h1-15H,16H2,(H,31,35). The van der Waals surface area contributed by atoms with E-state index in [1.54, 1.807) is 41.3 Å². The fourth-order valence-electron chi connectivity index (χ4n) is 3.61. The minimum absolute atomic E-state index is 0.178. The van der Waals surface area contributed by atoms with Crippen molar-refractivity contribution in [2.45, 2.75) is 10.9 Å². The van der Waals surface area contributed by atoms with Gasteiger partial charge < -0.3 is 5.32 Å². The van der Waals surface area contributed by atoms with Crippen molar-refractivity contribution < 1.29 is 4.79 Å². The first-order chi connectivity index (χ1) is 17.6. The number of hydrogen-bond donors (Lipinski definition) is 1. The molecule has 2 aromatic heterocycles. The highest BCUT2D eigenvalue weighted by Crippen LogP contribution is 2.30. The summed E-state index contributed by atoms with van der Waals surface area (Å²) in [6.07, 6.45) is 3.32. The van der Waals surface area contributed by atoms with Crippen LogP contribution in [-0.4, -0.2) is 30.9 Å². The summed E-state index contributed by atoms with van der Waals surface area (Å²) in [6, 6.07) is 24.2. The van der Waals surface area contributed by atoms with E-state index in [-0.39, 0.29) is 11.6 Å². The molecule has 0 atom stereocenters. The van der Waals surface area contributed by atoms with Crippen LogP contribution in [0.2, 0.25) is 10.0 Å². The predicted octanol–water partition coefficient (Wildman–Crippen LogP) is 6.58. The maximum Gasteiger partial charge on any atom is 0.278 e. The highest BCUT2D eigenvalue weighted by atomic mass is 35.5. The Labute approximate surface area is 221 Å². The Morgan fingerprint density at radius 3 is 2.33 bits per heavy atom. The van der Waals surface area contributed by atoms with Crippen LogP contribution < -0.4 is 5.32 Å². The number of amides is 1. The minimum atomic E-state index is -0.387. The maximum absolute atomic E-state index is 13.5. The maximum atomic E-state index is 13.5. The third kappa shape index (κ3) is 5.41. The first-order valence-electron chi connectivity index (χ1n) is 10.8. The first-order valence-corrected chi connectivity index (χ1v) is 12.6. The molecular weight excluding hydrogens is 515 g/mol. The van der Waals surface area contributed by atoms with Gasteiger partial charge in [-0.15, -0.1) is 5.10 Å². The zero-order valence-electron chi connectivity index (χ0n) is 18.7.